The highest BCUT2D eigenvalue weighted by atomic mass is 16.5. The minimum absolute atomic E-state index is 0.185. The van der Waals surface area contributed by atoms with Crippen molar-refractivity contribution in [1.82, 2.24) is 14.8 Å². The minimum atomic E-state index is -0.294. The number of aryl methyl sites for hydroxylation is 1. The highest BCUT2D eigenvalue weighted by Crippen LogP contribution is 1.95. The molecule has 0 fully saturated rings. The maximum atomic E-state index is 10.8. The Hall–Kier alpha value is -1.39. The summed E-state index contributed by atoms with van der Waals surface area (Å²) in [5, 5.41) is 3.92. The topological polar surface area (TPSA) is 57.0 Å². The van der Waals surface area contributed by atoms with Crippen LogP contribution in [0.1, 0.15) is 12.7 Å². The van der Waals surface area contributed by atoms with Gasteiger partial charge >= 0.3 is 5.97 Å². The van der Waals surface area contributed by atoms with Gasteiger partial charge in [-0.2, -0.15) is 5.10 Å². The van der Waals surface area contributed by atoms with E-state index in [1.54, 1.807) is 4.68 Å². The maximum Gasteiger partial charge on any atom is 0.313 e. The molecule has 0 aromatic carbocycles. The molecule has 0 bridgehead atoms. The lowest BCUT2D eigenvalue weighted by atomic mass is 10.4. The summed E-state index contributed by atoms with van der Waals surface area (Å²) in [4.78, 5) is 14.8. The van der Waals surface area contributed by atoms with Gasteiger partial charge in [-0.25, -0.2) is 9.67 Å². The third-order valence-electron chi connectivity index (χ3n) is 1.53. The number of methoxy groups -OCH3 is 1. The predicted octanol–water partition coefficient (Wildman–Crippen LogP) is 0.0135. The summed E-state index contributed by atoms with van der Waals surface area (Å²) in [7, 11) is 1.36. The van der Waals surface area contributed by atoms with E-state index in [0.29, 0.717) is 12.4 Å². The SMILES string of the molecule is CCn1ncnc1CC(=O)OC. The van der Waals surface area contributed by atoms with Crippen molar-refractivity contribution in [2.75, 3.05) is 7.11 Å². The molecule has 1 heterocycles. The standard InChI is InChI=1S/C7H11N3O2/c1-3-10-6(8-5-9-10)4-7(11)12-2/h5H,3-4H2,1-2H3. The van der Waals surface area contributed by atoms with Gasteiger partial charge in [-0.05, 0) is 6.92 Å². The van der Waals surface area contributed by atoms with E-state index < -0.39 is 0 Å². The molecule has 1 aromatic heterocycles. The Morgan fingerprint density at radius 3 is 3.08 bits per heavy atom. The van der Waals surface area contributed by atoms with Crippen molar-refractivity contribution in [3.8, 4) is 0 Å². The number of carbonyl (C=O) groups excluding carboxylic acids is 1. The molecule has 0 unspecified atom stereocenters. The Bertz CT molecular complexity index is 269. The van der Waals surface area contributed by atoms with Gasteiger partial charge < -0.3 is 4.74 Å². The molecule has 0 spiro atoms. The zero-order chi connectivity index (χ0) is 8.97. The normalized spacial score (nSPS) is 9.83. The van der Waals surface area contributed by atoms with Crippen LogP contribution >= 0.6 is 0 Å². The number of ether oxygens (including phenoxy) is 1. The third-order valence-corrected chi connectivity index (χ3v) is 1.53. The van der Waals surface area contributed by atoms with E-state index in [1.807, 2.05) is 6.92 Å². The Morgan fingerprint density at radius 1 is 1.75 bits per heavy atom. The minimum Gasteiger partial charge on any atom is -0.469 e. The van der Waals surface area contributed by atoms with Crippen molar-refractivity contribution in [3.05, 3.63) is 12.2 Å². The molecule has 0 saturated heterocycles. The fraction of sp³-hybridized carbons (Fsp3) is 0.571. The van der Waals surface area contributed by atoms with Crippen LogP contribution in [-0.2, 0) is 22.5 Å². The first-order chi connectivity index (χ1) is 5.77. The molecule has 0 aliphatic rings. The van der Waals surface area contributed by atoms with Crippen LogP contribution in [-0.4, -0.2) is 27.8 Å². The van der Waals surface area contributed by atoms with Crippen molar-refractivity contribution in [2.24, 2.45) is 0 Å². The van der Waals surface area contributed by atoms with E-state index >= 15 is 0 Å². The summed E-state index contributed by atoms with van der Waals surface area (Å²) in [6, 6.07) is 0. The molecule has 0 N–H and O–H groups in total. The molecule has 1 aromatic rings. The Labute approximate surface area is 70.4 Å². The van der Waals surface area contributed by atoms with E-state index in [-0.39, 0.29) is 12.4 Å². The summed E-state index contributed by atoms with van der Waals surface area (Å²) in [5.74, 6) is 0.349. The number of rotatable bonds is 3. The molecule has 0 radical (unpaired) electrons. The number of aromatic nitrogens is 3. The van der Waals surface area contributed by atoms with Gasteiger partial charge in [-0.3, -0.25) is 4.79 Å². The van der Waals surface area contributed by atoms with Crippen LogP contribution in [0.3, 0.4) is 0 Å². The summed E-state index contributed by atoms with van der Waals surface area (Å²) in [6.07, 6.45) is 1.62. The van der Waals surface area contributed by atoms with E-state index in [1.165, 1.54) is 13.4 Å². The smallest absolute Gasteiger partial charge is 0.313 e. The second-order valence-electron chi connectivity index (χ2n) is 2.24. The maximum absolute atomic E-state index is 10.8. The largest absolute Gasteiger partial charge is 0.469 e. The van der Waals surface area contributed by atoms with Gasteiger partial charge in [0, 0.05) is 6.54 Å². The predicted molar refractivity (Wildman–Crippen MR) is 41.4 cm³/mol. The Morgan fingerprint density at radius 2 is 2.50 bits per heavy atom. The first kappa shape index (κ1) is 8.70. The van der Waals surface area contributed by atoms with Gasteiger partial charge in [-0.15, -0.1) is 0 Å². The summed E-state index contributed by atoms with van der Waals surface area (Å²) in [6.45, 7) is 2.65. The zero-order valence-electron chi connectivity index (χ0n) is 7.15. The van der Waals surface area contributed by atoms with Crippen LogP contribution in [0.5, 0.6) is 0 Å². The number of hydrogen-bond acceptors (Lipinski definition) is 4. The van der Waals surface area contributed by atoms with Crippen molar-refractivity contribution >= 4 is 5.97 Å². The number of carbonyl (C=O) groups is 1. The van der Waals surface area contributed by atoms with Crippen molar-refractivity contribution in [3.63, 3.8) is 0 Å². The second-order valence-corrected chi connectivity index (χ2v) is 2.24. The first-order valence-corrected chi connectivity index (χ1v) is 3.71. The van der Waals surface area contributed by atoms with Crippen LogP contribution in [0.4, 0.5) is 0 Å². The molecule has 66 valence electrons. The highest BCUT2D eigenvalue weighted by Gasteiger charge is 2.08. The zero-order valence-corrected chi connectivity index (χ0v) is 7.15. The summed E-state index contributed by atoms with van der Waals surface area (Å²) < 4.78 is 6.17. The molecular weight excluding hydrogens is 158 g/mol. The first-order valence-electron chi connectivity index (χ1n) is 3.71. The average molecular weight is 169 g/mol. The number of nitrogens with zero attached hydrogens (tertiary/aromatic N) is 3. The summed E-state index contributed by atoms with van der Waals surface area (Å²) >= 11 is 0. The molecule has 5 heteroatoms. The Balaban J connectivity index is 2.68. The van der Waals surface area contributed by atoms with Crippen LogP contribution in [0.25, 0.3) is 0 Å². The molecule has 0 atom stereocenters. The van der Waals surface area contributed by atoms with Gasteiger partial charge in [0.05, 0.1) is 7.11 Å². The fourth-order valence-electron chi connectivity index (χ4n) is 0.890. The highest BCUT2D eigenvalue weighted by molar-refractivity contribution is 5.71. The van der Waals surface area contributed by atoms with Crippen LogP contribution in [0.15, 0.2) is 6.33 Å². The van der Waals surface area contributed by atoms with Crippen LogP contribution in [0, 0.1) is 0 Å². The molecule has 0 aliphatic carbocycles. The molecule has 5 nitrogen and oxygen atoms in total. The van der Waals surface area contributed by atoms with Gasteiger partial charge in [-0.1, -0.05) is 0 Å². The van der Waals surface area contributed by atoms with Crippen molar-refractivity contribution < 1.29 is 9.53 Å². The molecule has 0 aliphatic heterocycles. The molecule has 12 heavy (non-hydrogen) atoms. The van der Waals surface area contributed by atoms with Gasteiger partial charge in [0.15, 0.2) is 0 Å². The van der Waals surface area contributed by atoms with Crippen molar-refractivity contribution in [1.29, 1.82) is 0 Å². The van der Waals surface area contributed by atoms with E-state index in [0.717, 1.165) is 0 Å². The van der Waals surface area contributed by atoms with Gasteiger partial charge in [0.1, 0.15) is 18.6 Å². The van der Waals surface area contributed by atoms with E-state index in [4.69, 9.17) is 0 Å². The molecular formula is C7H11N3O2. The number of esters is 1. The fourth-order valence-corrected chi connectivity index (χ4v) is 0.890. The lowest BCUT2D eigenvalue weighted by Gasteiger charge is -2.00. The molecule has 0 saturated carbocycles. The molecule has 1 rings (SSSR count). The second kappa shape index (κ2) is 3.85. The molecule has 0 amide bonds. The summed E-state index contributed by atoms with van der Waals surface area (Å²) in [5.41, 5.74) is 0. The monoisotopic (exact) mass is 169 g/mol. The lowest BCUT2D eigenvalue weighted by Crippen LogP contribution is -2.11. The third kappa shape index (κ3) is 1.81. The lowest BCUT2D eigenvalue weighted by molar-refractivity contribution is -0.140. The Kier molecular flexibility index (Phi) is 2.79. The quantitative estimate of drug-likeness (QED) is 0.598. The number of hydrogen-bond donors (Lipinski definition) is 0. The van der Waals surface area contributed by atoms with Gasteiger partial charge in [0.2, 0.25) is 0 Å². The van der Waals surface area contributed by atoms with Crippen molar-refractivity contribution in [2.45, 2.75) is 19.9 Å². The average Bonchev–Trinajstić information content (AvgIpc) is 2.51. The van der Waals surface area contributed by atoms with Gasteiger partial charge in [0.25, 0.3) is 0 Å². The van der Waals surface area contributed by atoms with Crippen LogP contribution in [0.2, 0.25) is 0 Å². The van der Waals surface area contributed by atoms with E-state index in [2.05, 4.69) is 14.8 Å². The van der Waals surface area contributed by atoms with Crippen LogP contribution < -0.4 is 0 Å². The van der Waals surface area contributed by atoms with E-state index in [9.17, 15) is 4.79 Å².